The normalized spacial score (nSPS) is 20.1. The van der Waals surface area contributed by atoms with Gasteiger partial charge in [0.15, 0.2) is 0 Å². The predicted octanol–water partition coefficient (Wildman–Crippen LogP) is 1.14. The Morgan fingerprint density at radius 3 is 2.94 bits per heavy atom. The van der Waals surface area contributed by atoms with Crippen molar-refractivity contribution >= 4 is 23.4 Å². The zero-order chi connectivity index (χ0) is 11.7. The number of carboxylic acids is 1. The largest absolute Gasteiger partial charge is 0.480 e. The number of aryl methyl sites for hydroxylation is 1. The van der Waals surface area contributed by atoms with Crippen LogP contribution < -0.4 is 0 Å². The lowest BCUT2D eigenvalue weighted by Crippen LogP contribution is -2.40. The third-order valence-corrected chi connectivity index (χ3v) is 3.50. The van der Waals surface area contributed by atoms with Gasteiger partial charge >= 0.3 is 5.97 Å². The van der Waals surface area contributed by atoms with E-state index in [1.807, 2.05) is 0 Å². The molecule has 6 heteroatoms. The molecule has 1 aromatic rings. The number of amides is 1. The molecule has 1 atom stereocenters. The lowest BCUT2D eigenvalue weighted by molar-refractivity contribution is -0.141. The summed E-state index contributed by atoms with van der Waals surface area (Å²) in [5, 5.41) is 10.7. The van der Waals surface area contributed by atoms with Crippen molar-refractivity contribution in [1.82, 2.24) is 9.27 Å². The van der Waals surface area contributed by atoms with E-state index in [2.05, 4.69) is 4.37 Å². The molecule has 5 nitrogen and oxygen atoms in total. The molecule has 0 radical (unpaired) electrons. The summed E-state index contributed by atoms with van der Waals surface area (Å²) in [5.74, 6) is -1.14. The summed E-state index contributed by atoms with van der Waals surface area (Å²) >= 11 is 1.22. The van der Waals surface area contributed by atoms with Crippen molar-refractivity contribution in [2.24, 2.45) is 0 Å². The summed E-state index contributed by atoms with van der Waals surface area (Å²) in [7, 11) is 0. The number of hydrogen-bond acceptors (Lipinski definition) is 4. The van der Waals surface area contributed by atoms with Crippen molar-refractivity contribution in [3.05, 3.63) is 16.6 Å². The average molecular weight is 240 g/mol. The number of carbonyl (C=O) groups excluding carboxylic acids is 1. The molecular weight excluding hydrogens is 228 g/mol. The Labute approximate surface area is 96.9 Å². The van der Waals surface area contributed by atoms with Crippen LogP contribution >= 0.6 is 11.5 Å². The summed E-state index contributed by atoms with van der Waals surface area (Å²) in [5.41, 5.74) is 1.20. The van der Waals surface area contributed by atoms with Gasteiger partial charge in [0, 0.05) is 11.9 Å². The number of nitrogens with zero attached hydrogens (tertiary/aromatic N) is 2. The SMILES string of the molecule is Cc1nscc1C(=O)N1CCC[C@@H]1C(=O)O. The molecule has 0 bridgehead atoms. The van der Waals surface area contributed by atoms with Gasteiger partial charge in [-0.05, 0) is 31.3 Å². The quantitative estimate of drug-likeness (QED) is 0.841. The molecule has 1 aliphatic heterocycles. The number of aliphatic carboxylic acids is 1. The van der Waals surface area contributed by atoms with Crippen molar-refractivity contribution in [2.45, 2.75) is 25.8 Å². The summed E-state index contributed by atoms with van der Waals surface area (Å²) in [6.45, 7) is 2.28. The second kappa shape index (κ2) is 4.21. The minimum absolute atomic E-state index is 0.212. The summed E-state index contributed by atoms with van der Waals surface area (Å²) in [4.78, 5) is 24.5. The molecule has 86 valence electrons. The minimum atomic E-state index is -0.924. The van der Waals surface area contributed by atoms with Crippen LogP contribution in [0.4, 0.5) is 0 Å². The Bertz CT molecular complexity index is 429. The molecule has 0 spiro atoms. The van der Waals surface area contributed by atoms with E-state index in [9.17, 15) is 9.59 Å². The lowest BCUT2D eigenvalue weighted by atomic mass is 10.2. The number of carbonyl (C=O) groups is 2. The third-order valence-electron chi connectivity index (χ3n) is 2.78. The maximum Gasteiger partial charge on any atom is 0.326 e. The molecule has 0 aliphatic carbocycles. The van der Waals surface area contributed by atoms with Gasteiger partial charge in [0.1, 0.15) is 6.04 Å². The number of rotatable bonds is 2. The second-order valence-electron chi connectivity index (χ2n) is 3.81. The molecular formula is C10H12N2O3S. The van der Waals surface area contributed by atoms with Gasteiger partial charge in [0.25, 0.3) is 5.91 Å². The van der Waals surface area contributed by atoms with E-state index in [4.69, 9.17) is 5.11 Å². The van der Waals surface area contributed by atoms with Crippen LogP contribution in [0.25, 0.3) is 0 Å². The first-order chi connectivity index (χ1) is 7.61. The van der Waals surface area contributed by atoms with Gasteiger partial charge in [-0.3, -0.25) is 4.79 Å². The maximum atomic E-state index is 12.1. The summed E-state index contributed by atoms with van der Waals surface area (Å²) < 4.78 is 4.03. The van der Waals surface area contributed by atoms with Gasteiger partial charge in [-0.15, -0.1) is 0 Å². The molecule has 0 aromatic carbocycles. The summed E-state index contributed by atoms with van der Waals surface area (Å²) in [6, 6.07) is -0.674. The Balaban J connectivity index is 2.22. The minimum Gasteiger partial charge on any atom is -0.480 e. The van der Waals surface area contributed by atoms with Gasteiger partial charge in [-0.1, -0.05) is 0 Å². The van der Waals surface area contributed by atoms with Crippen LogP contribution in [0.3, 0.4) is 0 Å². The molecule has 1 saturated heterocycles. The highest BCUT2D eigenvalue weighted by Gasteiger charge is 2.35. The van der Waals surface area contributed by atoms with Gasteiger partial charge in [0.05, 0.1) is 11.3 Å². The van der Waals surface area contributed by atoms with Crippen LogP contribution in [0, 0.1) is 6.92 Å². The fourth-order valence-electron chi connectivity index (χ4n) is 1.92. The van der Waals surface area contributed by atoms with Crippen molar-refractivity contribution in [1.29, 1.82) is 0 Å². The van der Waals surface area contributed by atoms with E-state index in [0.29, 0.717) is 24.2 Å². The smallest absolute Gasteiger partial charge is 0.326 e. The first-order valence-electron chi connectivity index (χ1n) is 5.06. The highest BCUT2D eigenvalue weighted by atomic mass is 32.1. The zero-order valence-corrected chi connectivity index (χ0v) is 9.66. The Hall–Kier alpha value is -1.43. The van der Waals surface area contributed by atoms with E-state index in [1.165, 1.54) is 16.4 Å². The van der Waals surface area contributed by atoms with Crippen molar-refractivity contribution in [2.75, 3.05) is 6.54 Å². The van der Waals surface area contributed by atoms with Crippen LogP contribution in [-0.4, -0.2) is 38.8 Å². The first kappa shape index (κ1) is 11.1. The molecule has 0 saturated carbocycles. The zero-order valence-electron chi connectivity index (χ0n) is 8.84. The molecule has 1 aliphatic rings. The monoisotopic (exact) mass is 240 g/mol. The van der Waals surface area contributed by atoms with E-state index in [0.717, 1.165) is 6.42 Å². The standard InChI is InChI=1S/C10H12N2O3S/c1-6-7(5-16-11-6)9(13)12-4-2-3-8(12)10(14)15/h5,8H,2-4H2,1H3,(H,14,15)/t8-/m1/s1. The number of aromatic nitrogens is 1. The van der Waals surface area contributed by atoms with Gasteiger partial charge in [-0.25, -0.2) is 4.79 Å². The topological polar surface area (TPSA) is 70.5 Å². The third kappa shape index (κ3) is 1.80. The molecule has 2 heterocycles. The molecule has 0 unspecified atom stereocenters. The number of likely N-dealkylation sites (tertiary alicyclic amines) is 1. The maximum absolute atomic E-state index is 12.1. The fraction of sp³-hybridized carbons (Fsp3) is 0.500. The predicted molar refractivity (Wildman–Crippen MR) is 58.5 cm³/mol. The first-order valence-corrected chi connectivity index (χ1v) is 5.89. The molecule has 1 aromatic heterocycles. The van der Waals surface area contributed by atoms with Crippen molar-refractivity contribution in [3.8, 4) is 0 Å². The summed E-state index contributed by atoms with van der Waals surface area (Å²) in [6.07, 6.45) is 1.29. The average Bonchev–Trinajstić information content (AvgIpc) is 2.84. The van der Waals surface area contributed by atoms with Crippen LogP contribution in [0.5, 0.6) is 0 Å². The highest BCUT2D eigenvalue weighted by Crippen LogP contribution is 2.22. The fourth-order valence-corrected chi connectivity index (χ4v) is 2.60. The van der Waals surface area contributed by atoms with Crippen molar-refractivity contribution in [3.63, 3.8) is 0 Å². The van der Waals surface area contributed by atoms with Crippen LogP contribution in [-0.2, 0) is 4.79 Å². The van der Waals surface area contributed by atoms with Crippen molar-refractivity contribution < 1.29 is 14.7 Å². The Kier molecular flexibility index (Phi) is 2.91. The van der Waals surface area contributed by atoms with E-state index >= 15 is 0 Å². The second-order valence-corrected chi connectivity index (χ2v) is 4.44. The molecule has 16 heavy (non-hydrogen) atoms. The van der Waals surface area contributed by atoms with Crippen LogP contribution in [0.2, 0.25) is 0 Å². The lowest BCUT2D eigenvalue weighted by Gasteiger charge is -2.20. The Morgan fingerprint density at radius 1 is 1.62 bits per heavy atom. The highest BCUT2D eigenvalue weighted by molar-refractivity contribution is 7.03. The van der Waals surface area contributed by atoms with Crippen LogP contribution in [0.1, 0.15) is 28.9 Å². The molecule has 1 amide bonds. The number of hydrogen-bond donors (Lipinski definition) is 1. The Morgan fingerprint density at radius 2 is 2.38 bits per heavy atom. The molecule has 2 rings (SSSR count). The van der Waals surface area contributed by atoms with E-state index in [-0.39, 0.29) is 5.91 Å². The van der Waals surface area contributed by atoms with Gasteiger partial charge < -0.3 is 10.0 Å². The van der Waals surface area contributed by atoms with Gasteiger partial charge in [-0.2, -0.15) is 4.37 Å². The number of carboxylic acid groups (broad SMARTS) is 1. The van der Waals surface area contributed by atoms with E-state index in [1.54, 1.807) is 12.3 Å². The molecule has 1 N–H and O–H groups in total. The van der Waals surface area contributed by atoms with Crippen LogP contribution in [0.15, 0.2) is 5.38 Å². The van der Waals surface area contributed by atoms with Gasteiger partial charge in [0.2, 0.25) is 0 Å². The molecule has 1 fully saturated rings. The van der Waals surface area contributed by atoms with E-state index < -0.39 is 12.0 Å².